The molecule has 2 aromatic rings. The van der Waals surface area contributed by atoms with Crippen LogP contribution in [0.5, 0.6) is 0 Å². The third-order valence-corrected chi connectivity index (χ3v) is 4.30. The fourth-order valence-corrected chi connectivity index (χ4v) is 3.19. The Morgan fingerprint density at radius 2 is 2.15 bits per heavy atom. The van der Waals surface area contributed by atoms with Crippen LogP contribution in [-0.2, 0) is 16.8 Å². The summed E-state index contributed by atoms with van der Waals surface area (Å²) in [6.07, 6.45) is 2.63. The van der Waals surface area contributed by atoms with Crippen molar-refractivity contribution >= 4 is 22.6 Å². The SMILES string of the molecule is CCCn1c(C2(N)CCOCC2)nc2cccc(Cl)c21. The number of nitrogens with zero attached hydrogens (tertiary/aromatic N) is 2. The van der Waals surface area contributed by atoms with E-state index in [9.17, 15) is 0 Å². The lowest BCUT2D eigenvalue weighted by Crippen LogP contribution is -2.44. The van der Waals surface area contributed by atoms with Gasteiger partial charge >= 0.3 is 0 Å². The number of aromatic nitrogens is 2. The molecule has 1 fully saturated rings. The van der Waals surface area contributed by atoms with Gasteiger partial charge in [-0.05, 0) is 31.4 Å². The molecule has 20 heavy (non-hydrogen) atoms. The van der Waals surface area contributed by atoms with E-state index in [2.05, 4.69) is 11.5 Å². The Kier molecular flexibility index (Phi) is 3.71. The molecule has 0 saturated carbocycles. The lowest BCUT2D eigenvalue weighted by Gasteiger charge is -2.33. The average molecular weight is 294 g/mol. The molecule has 4 nitrogen and oxygen atoms in total. The van der Waals surface area contributed by atoms with Gasteiger partial charge in [-0.25, -0.2) is 4.98 Å². The van der Waals surface area contributed by atoms with Gasteiger partial charge in [-0.3, -0.25) is 0 Å². The number of hydrogen-bond acceptors (Lipinski definition) is 3. The van der Waals surface area contributed by atoms with Crippen molar-refractivity contribution in [3.63, 3.8) is 0 Å². The van der Waals surface area contributed by atoms with E-state index in [-0.39, 0.29) is 0 Å². The number of nitrogens with two attached hydrogens (primary N) is 1. The Morgan fingerprint density at radius 3 is 2.85 bits per heavy atom. The Labute approximate surface area is 123 Å². The van der Waals surface area contributed by atoms with Crippen molar-refractivity contribution in [3.8, 4) is 0 Å². The molecule has 1 aliphatic heterocycles. The second-order valence-electron chi connectivity index (χ2n) is 5.46. The number of fused-ring (bicyclic) bond motifs is 1. The summed E-state index contributed by atoms with van der Waals surface area (Å²) in [5, 5.41) is 0.741. The average Bonchev–Trinajstić information content (AvgIpc) is 2.81. The molecule has 2 heterocycles. The minimum absolute atomic E-state index is 0.407. The molecule has 5 heteroatoms. The van der Waals surface area contributed by atoms with Crippen molar-refractivity contribution in [1.82, 2.24) is 9.55 Å². The van der Waals surface area contributed by atoms with Crippen molar-refractivity contribution in [1.29, 1.82) is 0 Å². The third kappa shape index (κ3) is 2.22. The molecule has 1 aliphatic rings. The van der Waals surface area contributed by atoms with E-state index in [1.165, 1.54) is 0 Å². The van der Waals surface area contributed by atoms with Crippen LogP contribution in [-0.4, -0.2) is 22.8 Å². The molecule has 0 unspecified atom stereocenters. The highest BCUT2D eigenvalue weighted by molar-refractivity contribution is 6.35. The molecule has 0 spiro atoms. The smallest absolute Gasteiger partial charge is 0.130 e. The number of ether oxygens (including phenoxy) is 1. The molecular formula is C15H20ClN3O. The van der Waals surface area contributed by atoms with Gasteiger partial charge in [0.15, 0.2) is 0 Å². The van der Waals surface area contributed by atoms with Crippen molar-refractivity contribution in [2.45, 2.75) is 38.3 Å². The summed E-state index contributed by atoms with van der Waals surface area (Å²) >= 11 is 6.37. The number of aryl methyl sites for hydroxylation is 1. The second-order valence-corrected chi connectivity index (χ2v) is 5.87. The Morgan fingerprint density at radius 1 is 1.40 bits per heavy atom. The number of benzene rings is 1. The molecule has 0 radical (unpaired) electrons. The highest BCUT2D eigenvalue weighted by atomic mass is 35.5. The maximum absolute atomic E-state index is 6.62. The van der Waals surface area contributed by atoms with E-state index >= 15 is 0 Å². The molecule has 108 valence electrons. The summed E-state index contributed by atoms with van der Waals surface area (Å²) in [6, 6.07) is 5.85. The first kappa shape index (κ1) is 13.9. The number of halogens is 1. The minimum atomic E-state index is -0.407. The van der Waals surface area contributed by atoms with Gasteiger partial charge in [0.1, 0.15) is 5.82 Å². The number of imidazole rings is 1. The standard InChI is InChI=1S/C15H20ClN3O/c1-2-8-19-13-11(16)4-3-5-12(13)18-14(19)15(17)6-9-20-10-7-15/h3-5H,2,6-10,17H2,1H3. The molecule has 2 N–H and O–H groups in total. The normalized spacial score (nSPS) is 18.6. The van der Waals surface area contributed by atoms with Crippen LogP contribution in [0.25, 0.3) is 11.0 Å². The summed E-state index contributed by atoms with van der Waals surface area (Å²) in [6.45, 7) is 4.42. The zero-order chi connectivity index (χ0) is 14.2. The molecule has 0 aliphatic carbocycles. The molecule has 0 amide bonds. The van der Waals surface area contributed by atoms with Crippen LogP contribution in [0.4, 0.5) is 0 Å². The summed E-state index contributed by atoms with van der Waals surface area (Å²) in [5.41, 5.74) is 8.14. The molecule has 0 atom stereocenters. The maximum Gasteiger partial charge on any atom is 0.130 e. The van der Waals surface area contributed by atoms with E-state index in [4.69, 9.17) is 27.1 Å². The predicted molar refractivity (Wildman–Crippen MR) is 81.0 cm³/mol. The summed E-state index contributed by atoms with van der Waals surface area (Å²) < 4.78 is 7.64. The molecule has 0 bridgehead atoms. The number of para-hydroxylation sites is 1. The van der Waals surface area contributed by atoms with Crippen LogP contribution < -0.4 is 5.73 Å². The quantitative estimate of drug-likeness (QED) is 0.946. The van der Waals surface area contributed by atoms with E-state index < -0.39 is 5.54 Å². The van der Waals surface area contributed by atoms with Crippen molar-refractivity contribution < 1.29 is 4.74 Å². The van der Waals surface area contributed by atoms with Crippen LogP contribution >= 0.6 is 11.6 Å². The first-order valence-corrected chi connectivity index (χ1v) is 7.55. The third-order valence-electron chi connectivity index (χ3n) is 3.99. The molecule has 1 aromatic carbocycles. The van der Waals surface area contributed by atoms with Gasteiger partial charge in [-0.15, -0.1) is 0 Å². The van der Waals surface area contributed by atoms with Crippen LogP contribution in [0.15, 0.2) is 18.2 Å². The van der Waals surface area contributed by atoms with Crippen LogP contribution in [0, 0.1) is 0 Å². The Bertz CT molecular complexity index is 617. The molecular weight excluding hydrogens is 274 g/mol. The number of hydrogen-bond donors (Lipinski definition) is 1. The zero-order valence-electron chi connectivity index (χ0n) is 11.7. The zero-order valence-corrected chi connectivity index (χ0v) is 12.5. The van der Waals surface area contributed by atoms with Gasteiger partial charge < -0.3 is 15.0 Å². The highest BCUT2D eigenvalue weighted by Gasteiger charge is 2.35. The molecule has 1 aromatic heterocycles. The minimum Gasteiger partial charge on any atom is -0.381 e. The number of rotatable bonds is 3. The lowest BCUT2D eigenvalue weighted by molar-refractivity contribution is 0.0481. The van der Waals surface area contributed by atoms with Gasteiger partial charge in [-0.2, -0.15) is 0 Å². The van der Waals surface area contributed by atoms with Gasteiger partial charge in [0.05, 0.1) is 21.6 Å². The monoisotopic (exact) mass is 293 g/mol. The van der Waals surface area contributed by atoms with Gasteiger partial charge in [0.25, 0.3) is 0 Å². The first-order chi connectivity index (χ1) is 9.65. The van der Waals surface area contributed by atoms with Gasteiger partial charge in [0.2, 0.25) is 0 Å². The van der Waals surface area contributed by atoms with Crippen LogP contribution in [0.3, 0.4) is 0 Å². The van der Waals surface area contributed by atoms with Crippen molar-refractivity contribution in [2.24, 2.45) is 5.73 Å². The van der Waals surface area contributed by atoms with Crippen LogP contribution in [0.2, 0.25) is 5.02 Å². The summed E-state index contributed by atoms with van der Waals surface area (Å²) in [7, 11) is 0. The fourth-order valence-electron chi connectivity index (χ4n) is 2.92. The van der Waals surface area contributed by atoms with Crippen LogP contribution in [0.1, 0.15) is 32.0 Å². The van der Waals surface area contributed by atoms with E-state index in [1.807, 2.05) is 18.2 Å². The lowest BCUT2D eigenvalue weighted by atomic mass is 9.90. The largest absolute Gasteiger partial charge is 0.381 e. The topological polar surface area (TPSA) is 53.1 Å². The van der Waals surface area contributed by atoms with E-state index in [0.717, 1.165) is 47.7 Å². The Hall–Kier alpha value is -1.10. The Balaban J connectivity index is 2.19. The van der Waals surface area contributed by atoms with E-state index in [1.54, 1.807) is 0 Å². The molecule has 1 saturated heterocycles. The van der Waals surface area contributed by atoms with Crippen molar-refractivity contribution in [2.75, 3.05) is 13.2 Å². The maximum atomic E-state index is 6.62. The second kappa shape index (κ2) is 5.35. The highest BCUT2D eigenvalue weighted by Crippen LogP contribution is 2.33. The van der Waals surface area contributed by atoms with Gasteiger partial charge in [-0.1, -0.05) is 24.6 Å². The van der Waals surface area contributed by atoms with E-state index in [0.29, 0.717) is 13.2 Å². The summed E-state index contributed by atoms with van der Waals surface area (Å²) in [4.78, 5) is 4.79. The summed E-state index contributed by atoms with van der Waals surface area (Å²) in [5.74, 6) is 0.950. The first-order valence-electron chi connectivity index (χ1n) is 7.17. The van der Waals surface area contributed by atoms with Gasteiger partial charge in [0, 0.05) is 19.8 Å². The predicted octanol–water partition coefficient (Wildman–Crippen LogP) is 3.06. The molecule has 3 rings (SSSR count). The van der Waals surface area contributed by atoms with Crippen molar-refractivity contribution in [3.05, 3.63) is 29.0 Å². The fraction of sp³-hybridized carbons (Fsp3) is 0.533.